The van der Waals surface area contributed by atoms with Crippen LogP contribution in [0, 0.1) is 0 Å². The number of pyridine rings is 1. The molecule has 0 unspecified atom stereocenters. The number of amides is 2. The second kappa shape index (κ2) is 8.77. The van der Waals surface area contributed by atoms with Crippen LogP contribution in [0.15, 0.2) is 47.5 Å². The van der Waals surface area contributed by atoms with Crippen molar-refractivity contribution in [3.8, 4) is 0 Å². The predicted octanol–water partition coefficient (Wildman–Crippen LogP) is 1.74. The number of nitrogens with two attached hydrogens (primary N) is 1. The average molecular weight is 422 g/mol. The van der Waals surface area contributed by atoms with Crippen molar-refractivity contribution in [3.05, 3.63) is 69.8 Å². The molecule has 2 amide bonds. The van der Waals surface area contributed by atoms with Gasteiger partial charge < -0.3 is 25.9 Å². The lowest BCUT2D eigenvalue weighted by Crippen LogP contribution is -2.41. The van der Waals surface area contributed by atoms with Crippen LogP contribution in [-0.2, 0) is 6.54 Å². The Labute approximate surface area is 179 Å². The highest BCUT2D eigenvalue weighted by molar-refractivity contribution is 5.99. The Morgan fingerprint density at radius 2 is 1.94 bits per heavy atom. The summed E-state index contributed by atoms with van der Waals surface area (Å²) in [7, 11) is 1.46. The number of H-pyrrole nitrogens is 1. The van der Waals surface area contributed by atoms with Crippen molar-refractivity contribution in [2.75, 3.05) is 7.05 Å². The number of benzene rings is 1. The molecule has 3 aromatic rings. The first-order chi connectivity index (χ1) is 15.0. The van der Waals surface area contributed by atoms with Crippen LogP contribution in [0.2, 0.25) is 0 Å². The smallest absolute Gasteiger partial charge is 0.263 e. The first kappa shape index (κ1) is 20.9. The first-order valence-electron chi connectivity index (χ1n) is 10.5. The molecule has 5 N–H and O–H groups in total. The van der Waals surface area contributed by atoms with Crippen molar-refractivity contribution < 1.29 is 9.59 Å². The van der Waals surface area contributed by atoms with E-state index < -0.39 is 11.5 Å². The maximum absolute atomic E-state index is 13.0. The summed E-state index contributed by atoms with van der Waals surface area (Å²) in [4.78, 5) is 41.4. The Kier molecular flexibility index (Phi) is 5.90. The number of aromatic nitrogens is 2. The van der Waals surface area contributed by atoms with Crippen molar-refractivity contribution in [2.24, 2.45) is 5.73 Å². The Morgan fingerprint density at radius 3 is 2.68 bits per heavy atom. The number of hydrogen-bond acceptors (Lipinski definition) is 4. The van der Waals surface area contributed by atoms with Gasteiger partial charge in [-0.3, -0.25) is 14.4 Å². The monoisotopic (exact) mass is 421 g/mol. The molecule has 8 nitrogen and oxygen atoms in total. The maximum Gasteiger partial charge on any atom is 0.263 e. The summed E-state index contributed by atoms with van der Waals surface area (Å²) in [5, 5.41) is 6.51. The number of fused-ring (bicyclic) bond motifs is 1. The van der Waals surface area contributed by atoms with E-state index in [1.807, 2.05) is 30.5 Å². The molecule has 1 aliphatic carbocycles. The van der Waals surface area contributed by atoms with Crippen LogP contribution in [0.4, 0.5) is 0 Å². The molecule has 1 aliphatic rings. The van der Waals surface area contributed by atoms with E-state index in [2.05, 4.69) is 15.6 Å². The van der Waals surface area contributed by atoms with Gasteiger partial charge in [0.1, 0.15) is 5.56 Å². The van der Waals surface area contributed by atoms with Crippen molar-refractivity contribution >= 4 is 22.7 Å². The Hall–Kier alpha value is -3.39. The van der Waals surface area contributed by atoms with E-state index in [-0.39, 0.29) is 35.7 Å². The van der Waals surface area contributed by atoms with Gasteiger partial charge in [-0.1, -0.05) is 12.1 Å². The van der Waals surface area contributed by atoms with Crippen LogP contribution >= 0.6 is 0 Å². The normalized spacial score (nSPS) is 18.6. The molecule has 0 spiro atoms. The molecule has 162 valence electrons. The Morgan fingerprint density at radius 1 is 1.16 bits per heavy atom. The van der Waals surface area contributed by atoms with Crippen molar-refractivity contribution in [2.45, 2.75) is 44.3 Å². The fourth-order valence-electron chi connectivity index (χ4n) is 4.18. The van der Waals surface area contributed by atoms with E-state index in [9.17, 15) is 14.4 Å². The Bertz CT molecular complexity index is 1170. The van der Waals surface area contributed by atoms with Crippen LogP contribution in [0.5, 0.6) is 0 Å². The highest BCUT2D eigenvalue weighted by Gasteiger charge is 2.22. The molecular weight excluding hydrogens is 394 g/mol. The predicted molar refractivity (Wildman–Crippen MR) is 119 cm³/mol. The minimum atomic E-state index is -0.517. The van der Waals surface area contributed by atoms with E-state index in [0.29, 0.717) is 0 Å². The van der Waals surface area contributed by atoms with Gasteiger partial charge in [0.15, 0.2) is 0 Å². The third-order valence-corrected chi connectivity index (χ3v) is 5.95. The number of nitrogens with one attached hydrogen (secondary N) is 3. The molecule has 0 radical (unpaired) electrons. The van der Waals surface area contributed by atoms with Crippen molar-refractivity contribution in [1.29, 1.82) is 0 Å². The summed E-state index contributed by atoms with van der Waals surface area (Å²) in [6.07, 6.45) is 6.76. The van der Waals surface area contributed by atoms with Gasteiger partial charge in [-0.05, 0) is 49.4 Å². The molecule has 0 saturated heterocycles. The number of carbonyl (C=O) groups is 2. The highest BCUT2D eigenvalue weighted by atomic mass is 16.2. The summed E-state index contributed by atoms with van der Waals surface area (Å²) < 4.78 is 1.43. The number of hydrogen-bond donors (Lipinski definition) is 4. The molecular formula is C23H27N5O3. The molecule has 4 rings (SSSR count). The van der Waals surface area contributed by atoms with Crippen molar-refractivity contribution in [3.63, 3.8) is 0 Å². The number of nitrogens with zero attached hydrogens (tertiary/aromatic N) is 1. The van der Waals surface area contributed by atoms with E-state index >= 15 is 0 Å². The maximum atomic E-state index is 13.0. The van der Waals surface area contributed by atoms with Crippen LogP contribution < -0.4 is 21.9 Å². The molecule has 0 atom stereocenters. The molecule has 1 saturated carbocycles. The van der Waals surface area contributed by atoms with Crippen molar-refractivity contribution in [1.82, 2.24) is 20.2 Å². The minimum Gasteiger partial charge on any atom is -0.361 e. The fourth-order valence-corrected chi connectivity index (χ4v) is 4.18. The quantitative estimate of drug-likeness (QED) is 0.501. The molecule has 2 heterocycles. The van der Waals surface area contributed by atoms with Gasteiger partial charge in [-0.25, -0.2) is 0 Å². The second-order valence-corrected chi connectivity index (χ2v) is 8.10. The van der Waals surface area contributed by atoms with Gasteiger partial charge in [0.05, 0.1) is 12.1 Å². The number of aromatic amines is 1. The van der Waals surface area contributed by atoms with Gasteiger partial charge >= 0.3 is 0 Å². The van der Waals surface area contributed by atoms with E-state index in [4.69, 9.17) is 5.73 Å². The number of rotatable bonds is 5. The first-order valence-corrected chi connectivity index (χ1v) is 10.5. The fraction of sp³-hybridized carbons (Fsp3) is 0.348. The lowest BCUT2D eigenvalue weighted by Gasteiger charge is -2.27. The molecule has 31 heavy (non-hydrogen) atoms. The molecule has 1 aromatic carbocycles. The summed E-state index contributed by atoms with van der Waals surface area (Å²) in [5.41, 5.74) is 7.62. The standard InChI is InChI=1S/C23H27N5O3/c1-25-22(30)19-11-15(21(29)27-17-7-5-16(24)6-8-17)13-28(23(19)31)12-14-3-2-4-20-18(14)9-10-26-20/h2-4,9-11,13,16-17,26H,5-8,12,24H2,1H3,(H,25,30)(H,27,29). The third kappa shape index (κ3) is 4.39. The van der Waals surface area contributed by atoms with Crippen LogP contribution in [0.1, 0.15) is 52.0 Å². The number of carbonyl (C=O) groups excluding carboxylic acids is 2. The second-order valence-electron chi connectivity index (χ2n) is 8.10. The summed E-state index contributed by atoms with van der Waals surface area (Å²) in [6, 6.07) is 9.34. The van der Waals surface area contributed by atoms with Crippen LogP contribution in [-0.4, -0.2) is 40.5 Å². The zero-order valence-electron chi connectivity index (χ0n) is 17.5. The van der Waals surface area contributed by atoms with Gasteiger partial charge in [0.25, 0.3) is 17.4 Å². The average Bonchev–Trinajstić information content (AvgIpc) is 3.26. The molecule has 0 bridgehead atoms. The SMILES string of the molecule is CNC(=O)c1cc(C(=O)NC2CCC(N)CC2)cn(Cc2cccc3[nH]ccc23)c1=O. The van der Waals surface area contributed by atoms with Gasteiger partial charge in [-0.15, -0.1) is 0 Å². The van der Waals surface area contributed by atoms with Gasteiger partial charge in [-0.2, -0.15) is 0 Å². The Balaban J connectivity index is 1.67. The van der Waals surface area contributed by atoms with Gasteiger partial charge in [0, 0.05) is 42.4 Å². The minimum absolute atomic E-state index is 0.0460. The zero-order valence-corrected chi connectivity index (χ0v) is 17.5. The topological polar surface area (TPSA) is 122 Å². The summed E-state index contributed by atoms with van der Waals surface area (Å²) >= 11 is 0. The molecule has 1 fully saturated rings. The summed E-state index contributed by atoms with van der Waals surface area (Å²) in [5.74, 6) is -0.809. The van der Waals surface area contributed by atoms with E-state index in [0.717, 1.165) is 42.1 Å². The van der Waals surface area contributed by atoms with E-state index in [1.165, 1.54) is 23.9 Å². The van der Waals surface area contributed by atoms with E-state index in [1.54, 1.807) is 0 Å². The summed E-state index contributed by atoms with van der Waals surface area (Å²) in [6.45, 7) is 0.247. The zero-order chi connectivity index (χ0) is 22.0. The molecule has 0 aliphatic heterocycles. The van der Waals surface area contributed by atoms with Gasteiger partial charge in [0.2, 0.25) is 0 Å². The molecule has 8 heteroatoms. The largest absolute Gasteiger partial charge is 0.361 e. The third-order valence-electron chi connectivity index (χ3n) is 5.95. The van der Waals surface area contributed by atoms with Crippen LogP contribution in [0.3, 0.4) is 0 Å². The highest BCUT2D eigenvalue weighted by Crippen LogP contribution is 2.19. The lowest BCUT2D eigenvalue weighted by molar-refractivity contribution is 0.0925. The lowest BCUT2D eigenvalue weighted by atomic mass is 9.91. The van der Waals surface area contributed by atoms with Crippen LogP contribution in [0.25, 0.3) is 10.9 Å². The molecule has 2 aromatic heterocycles.